The summed E-state index contributed by atoms with van der Waals surface area (Å²) in [5.41, 5.74) is -2.72. The molecular weight excluding hydrogens is 354 g/mol. The minimum Gasteiger partial charge on any atom is -0.476 e. The number of nitrogens with zero attached hydrogens (tertiary/aromatic N) is 2. The smallest absolute Gasteiger partial charge is 0.413 e. The van der Waals surface area contributed by atoms with Crippen LogP contribution >= 0.6 is 11.3 Å². The number of carboxylic acid groups (broad SMARTS) is 1. The van der Waals surface area contributed by atoms with E-state index in [9.17, 15) is 14.7 Å². The van der Waals surface area contributed by atoms with Crippen LogP contribution < -0.4 is 5.32 Å². The standard InChI is InChI=1S/C14H21N3O7S/c1-13(2,3)23-12(22)16-11-15-8(5-25-11)9(10(20)21)17-24-14(4,6-18)7-19/h5,18-19H,6-7H2,1-4H3,(H,20,21)(H,15,16,22)/b17-9-. The van der Waals surface area contributed by atoms with E-state index < -0.39 is 42.2 Å². The maximum absolute atomic E-state index is 11.7. The van der Waals surface area contributed by atoms with Crippen LogP contribution in [0.15, 0.2) is 10.5 Å². The van der Waals surface area contributed by atoms with Crippen molar-refractivity contribution in [3.8, 4) is 0 Å². The average molecular weight is 375 g/mol. The minimum atomic E-state index is -1.44. The van der Waals surface area contributed by atoms with E-state index in [0.717, 1.165) is 11.3 Å². The van der Waals surface area contributed by atoms with Gasteiger partial charge in [0.2, 0.25) is 5.71 Å². The van der Waals surface area contributed by atoms with Gasteiger partial charge in [-0.1, -0.05) is 5.16 Å². The quantitative estimate of drug-likeness (QED) is 0.408. The molecular formula is C14H21N3O7S. The summed E-state index contributed by atoms with van der Waals surface area (Å²) < 4.78 is 5.07. The number of aromatic nitrogens is 1. The number of carboxylic acids is 1. The number of hydrogen-bond donors (Lipinski definition) is 4. The van der Waals surface area contributed by atoms with Crippen LogP contribution in [0.25, 0.3) is 0 Å². The topological polar surface area (TPSA) is 151 Å². The van der Waals surface area contributed by atoms with E-state index in [4.69, 9.17) is 19.8 Å². The van der Waals surface area contributed by atoms with Crippen LogP contribution in [-0.2, 0) is 14.4 Å². The second-order valence-corrected chi connectivity index (χ2v) is 7.13. The summed E-state index contributed by atoms with van der Waals surface area (Å²) in [4.78, 5) is 31.9. The number of amides is 1. The molecule has 1 aromatic rings. The van der Waals surface area contributed by atoms with Crippen LogP contribution in [0.1, 0.15) is 33.4 Å². The lowest BCUT2D eigenvalue weighted by Gasteiger charge is -2.21. The van der Waals surface area contributed by atoms with Crippen LogP contribution in [0.2, 0.25) is 0 Å². The Bertz CT molecular complexity index is 647. The summed E-state index contributed by atoms with van der Waals surface area (Å²) >= 11 is 0.973. The number of aliphatic carboxylic acids is 1. The number of aliphatic hydroxyl groups excluding tert-OH is 2. The number of rotatable bonds is 7. The first kappa shape index (κ1) is 20.8. The zero-order chi connectivity index (χ0) is 19.3. The molecule has 1 amide bonds. The van der Waals surface area contributed by atoms with Gasteiger partial charge < -0.3 is 24.9 Å². The van der Waals surface area contributed by atoms with E-state index in [1.807, 2.05) is 0 Å². The van der Waals surface area contributed by atoms with Crippen molar-refractivity contribution in [1.82, 2.24) is 4.98 Å². The molecule has 1 heterocycles. The third kappa shape index (κ3) is 6.64. The average Bonchev–Trinajstić information content (AvgIpc) is 2.92. The molecule has 140 valence electrons. The first-order valence-corrected chi connectivity index (χ1v) is 8.05. The van der Waals surface area contributed by atoms with Crippen LogP contribution in [0.4, 0.5) is 9.93 Å². The molecule has 1 aromatic heterocycles. The fraction of sp³-hybridized carbons (Fsp3) is 0.571. The first-order chi connectivity index (χ1) is 11.5. The molecule has 0 radical (unpaired) electrons. The summed E-state index contributed by atoms with van der Waals surface area (Å²) in [7, 11) is 0. The molecule has 0 aliphatic heterocycles. The van der Waals surface area contributed by atoms with E-state index >= 15 is 0 Å². The van der Waals surface area contributed by atoms with Gasteiger partial charge in [-0.05, 0) is 27.7 Å². The monoisotopic (exact) mass is 375 g/mol. The Labute approximate surface area is 148 Å². The molecule has 10 nitrogen and oxygen atoms in total. The lowest BCUT2D eigenvalue weighted by atomic mass is 10.1. The fourth-order valence-electron chi connectivity index (χ4n) is 1.29. The Balaban J connectivity index is 2.92. The highest BCUT2D eigenvalue weighted by Gasteiger charge is 2.27. The van der Waals surface area contributed by atoms with Crippen molar-refractivity contribution < 1.29 is 34.5 Å². The molecule has 0 atom stereocenters. The molecule has 0 bridgehead atoms. The van der Waals surface area contributed by atoms with E-state index in [1.54, 1.807) is 20.8 Å². The largest absolute Gasteiger partial charge is 0.476 e. The van der Waals surface area contributed by atoms with Crippen molar-refractivity contribution in [2.24, 2.45) is 5.16 Å². The maximum atomic E-state index is 11.7. The Hall–Kier alpha value is -2.24. The predicted octanol–water partition coefficient (Wildman–Crippen LogP) is 1.04. The summed E-state index contributed by atoms with van der Waals surface area (Å²) in [6.45, 7) is 5.32. The molecule has 11 heteroatoms. The van der Waals surface area contributed by atoms with Crippen molar-refractivity contribution in [3.63, 3.8) is 0 Å². The zero-order valence-corrected chi connectivity index (χ0v) is 15.1. The van der Waals surface area contributed by atoms with E-state index in [-0.39, 0.29) is 10.8 Å². The normalized spacial score (nSPS) is 12.6. The highest BCUT2D eigenvalue weighted by molar-refractivity contribution is 7.14. The van der Waals surface area contributed by atoms with E-state index in [0.29, 0.717) is 0 Å². The molecule has 0 aliphatic carbocycles. The molecule has 25 heavy (non-hydrogen) atoms. The van der Waals surface area contributed by atoms with Gasteiger partial charge in [0.05, 0.1) is 13.2 Å². The molecule has 0 fully saturated rings. The van der Waals surface area contributed by atoms with E-state index in [2.05, 4.69) is 15.5 Å². The van der Waals surface area contributed by atoms with Gasteiger partial charge in [0.1, 0.15) is 11.3 Å². The zero-order valence-electron chi connectivity index (χ0n) is 14.3. The number of thiazole rings is 1. The van der Waals surface area contributed by atoms with Crippen molar-refractivity contribution >= 4 is 34.2 Å². The highest BCUT2D eigenvalue weighted by atomic mass is 32.1. The number of anilines is 1. The Morgan fingerprint density at radius 2 is 1.88 bits per heavy atom. The predicted molar refractivity (Wildman–Crippen MR) is 89.8 cm³/mol. The Kier molecular flexibility index (Phi) is 6.85. The molecule has 0 spiro atoms. The number of nitrogens with one attached hydrogen (secondary N) is 1. The third-order valence-electron chi connectivity index (χ3n) is 2.58. The van der Waals surface area contributed by atoms with Crippen molar-refractivity contribution in [2.45, 2.75) is 38.9 Å². The number of oxime groups is 1. The van der Waals surface area contributed by atoms with Gasteiger partial charge in [0.25, 0.3) is 0 Å². The Morgan fingerprint density at radius 3 is 2.36 bits per heavy atom. The lowest BCUT2D eigenvalue weighted by Crippen LogP contribution is -2.36. The molecule has 4 N–H and O–H groups in total. The van der Waals surface area contributed by atoms with Gasteiger partial charge >= 0.3 is 12.1 Å². The number of ether oxygens (including phenoxy) is 1. The summed E-state index contributed by atoms with van der Waals surface area (Å²) in [5.74, 6) is -1.42. The first-order valence-electron chi connectivity index (χ1n) is 7.17. The summed E-state index contributed by atoms with van der Waals surface area (Å²) in [6, 6.07) is 0. The Morgan fingerprint density at radius 1 is 1.28 bits per heavy atom. The number of carbonyl (C=O) groups excluding carboxylic acids is 1. The van der Waals surface area contributed by atoms with Gasteiger partial charge in [-0.2, -0.15) is 0 Å². The molecule has 0 aromatic carbocycles. The maximum Gasteiger partial charge on any atom is 0.413 e. The van der Waals surface area contributed by atoms with Gasteiger partial charge in [-0.3, -0.25) is 5.32 Å². The van der Waals surface area contributed by atoms with Crippen molar-refractivity contribution in [2.75, 3.05) is 18.5 Å². The van der Waals surface area contributed by atoms with Crippen molar-refractivity contribution in [1.29, 1.82) is 0 Å². The van der Waals surface area contributed by atoms with Gasteiger partial charge in [0, 0.05) is 5.38 Å². The van der Waals surface area contributed by atoms with Gasteiger partial charge in [-0.15, -0.1) is 11.3 Å². The number of hydrogen-bond acceptors (Lipinski definition) is 9. The summed E-state index contributed by atoms with van der Waals surface area (Å²) in [6.07, 6.45) is -0.730. The van der Waals surface area contributed by atoms with Gasteiger partial charge in [-0.25, -0.2) is 14.6 Å². The molecule has 0 saturated heterocycles. The number of aliphatic hydroxyl groups is 2. The minimum absolute atomic E-state index is 0.0539. The molecule has 0 saturated carbocycles. The van der Waals surface area contributed by atoms with Crippen molar-refractivity contribution in [3.05, 3.63) is 11.1 Å². The number of carbonyl (C=O) groups is 2. The molecule has 0 aliphatic rings. The van der Waals surface area contributed by atoms with Gasteiger partial charge in [0.15, 0.2) is 10.7 Å². The van der Waals surface area contributed by atoms with Crippen LogP contribution in [-0.4, -0.2) is 62.5 Å². The second kappa shape index (κ2) is 8.23. The second-order valence-electron chi connectivity index (χ2n) is 6.27. The van der Waals surface area contributed by atoms with Crippen LogP contribution in [0.3, 0.4) is 0 Å². The fourth-order valence-corrected chi connectivity index (χ4v) is 1.97. The SMILES string of the molecule is CC(C)(C)OC(=O)Nc1nc(/C(=N/OC(C)(CO)CO)C(=O)O)cs1. The molecule has 0 unspecified atom stereocenters. The lowest BCUT2D eigenvalue weighted by molar-refractivity contribution is -0.130. The van der Waals surface area contributed by atoms with Crippen LogP contribution in [0.5, 0.6) is 0 Å². The molecule has 1 rings (SSSR count). The summed E-state index contributed by atoms with van der Waals surface area (Å²) in [5, 5.41) is 34.8. The third-order valence-corrected chi connectivity index (χ3v) is 3.34. The highest BCUT2D eigenvalue weighted by Crippen LogP contribution is 2.19. The van der Waals surface area contributed by atoms with Crippen LogP contribution in [0, 0.1) is 0 Å². The van der Waals surface area contributed by atoms with E-state index in [1.165, 1.54) is 12.3 Å².